The second kappa shape index (κ2) is 9.03. The van der Waals surface area contributed by atoms with Crippen LogP contribution < -0.4 is 10.6 Å². The fraction of sp³-hybridized carbons (Fsp3) is 0.200. The lowest BCUT2D eigenvalue weighted by Crippen LogP contribution is -2.51. The van der Waals surface area contributed by atoms with Gasteiger partial charge in [0.2, 0.25) is 9.84 Å². The number of amides is 2. The molecule has 3 rings (SSSR count). The smallest absolute Gasteiger partial charge is 0.319 e. The largest absolute Gasteiger partial charge is 0.465 e. The molecule has 0 bridgehead atoms. The summed E-state index contributed by atoms with van der Waals surface area (Å²) in [6, 6.07) is 6.08. The number of rotatable bonds is 5. The number of esters is 1. The fourth-order valence-corrected chi connectivity index (χ4v) is 4.57. The summed E-state index contributed by atoms with van der Waals surface area (Å²) in [5, 5.41) is 5.07. The minimum absolute atomic E-state index is 0.00719. The first-order chi connectivity index (χ1) is 14.6. The lowest BCUT2D eigenvalue weighted by atomic mass is 9.89. The van der Waals surface area contributed by atoms with Crippen LogP contribution in [0.1, 0.15) is 18.5 Å². The highest BCUT2D eigenvalue weighted by molar-refractivity contribution is 7.94. The summed E-state index contributed by atoms with van der Waals surface area (Å²) in [5.41, 5.74) is -0.0436. The molecule has 7 nitrogen and oxygen atoms in total. The van der Waals surface area contributed by atoms with Crippen LogP contribution >= 0.6 is 11.6 Å². The predicted molar refractivity (Wildman–Crippen MR) is 108 cm³/mol. The molecule has 2 atom stereocenters. The number of hydrogen-bond donors (Lipinski definition) is 2. The molecule has 1 fully saturated rings. The zero-order valence-corrected chi connectivity index (χ0v) is 17.6. The van der Waals surface area contributed by atoms with E-state index >= 15 is 0 Å². The number of halogens is 3. The number of urea groups is 1. The third kappa shape index (κ3) is 5.02. The topological polar surface area (TPSA) is 102 Å². The van der Waals surface area contributed by atoms with Crippen molar-refractivity contribution in [3.63, 3.8) is 0 Å². The Balaban J connectivity index is 2.11. The van der Waals surface area contributed by atoms with Gasteiger partial charge in [-0.25, -0.2) is 22.0 Å². The maximum Gasteiger partial charge on any atom is 0.319 e. The first kappa shape index (κ1) is 22.7. The van der Waals surface area contributed by atoms with Crippen LogP contribution in [-0.2, 0) is 19.4 Å². The monoisotopic (exact) mass is 470 g/mol. The summed E-state index contributed by atoms with van der Waals surface area (Å²) in [5.74, 6) is -3.56. The average molecular weight is 471 g/mol. The van der Waals surface area contributed by atoms with Crippen molar-refractivity contribution >= 4 is 33.4 Å². The van der Waals surface area contributed by atoms with Crippen LogP contribution in [0.25, 0.3) is 0 Å². The fourth-order valence-electron chi connectivity index (χ4n) is 3.11. The van der Waals surface area contributed by atoms with Gasteiger partial charge in [0.05, 0.1) is 28.0 Å². The van der Waals surface area contributed by atoms with Gasteiger partial charge in [-0.3, -0.25) is 4.79 Å². The van der Waals surface area contributed by atoms with Gasteiger partial charge in [0, 0.05) is 5.70 Å². The van der Waals surface area contributed by atoms with E-state index in [0.29, 0.717) is 5.41 Å². The van der Waals surface area contributed by atoms with E-state index < -0.39 is 50.5 Å². The zero-order chi connectivity index (χ0) is 22.8. The van der Waals surface area contributed by atoms with Gasteiger partial charge >= 0.3 is 12.0 Å². The quantitative estimate of drug-likeness (QED) is 0.514. The van der Waals surface area contributed by atoms with Crippen LogP contribution in [-0.4, -0.2) is 27.0 Å². The lowest BCUT2D eigenvalue weighted by Gasteiger charge is -2.33. The minimum Gasteiger partial charge on any atom is -0.465 e. The van der Waals surface area contributed by atoms with Crippen LogP contribution in [0.2, 0.25) is 5.02 Å². The van der Waals surface area contributed by atoms with Crippen LogP contribution in [0.15, 0.2) is 58.5 Å². The van der Waals surface area contributed by atoms with E-state index in [9.17, 15) is 26.8 Å². The van der Waals surface area contributed by atoms with Crippen molar-refractivity contribution in [3.8, 4) is 0 Å². The molecule has 0 saturated carbocycles. The Morgan fingerprint density at radius 3 is 2.61 bits per heavy atom. The van der Waals surface area contributed by atoms with Crippen LogP contribution in [0.4, 0.5) is 13.6 Å². The molecule has 1 aliphatic heterocycles. The highest BCUT2D eigenvalue weighted by Crippen LogP contribution is 2.33. The van der Waals surface area contributed by atoms with Crippen LogP contribution in [0, 0.1) is 17.6 Å². The van der Waals surface area contributed by atoms with E-state index in [-0.39, 0.29) is 22.8 Å². The van der Waals surface area contributed by atoms with Gasteiger partial charge in [-0.05, 0) is 42.8 Å². The lowest BCUT2D eigenvalue weighted by molar-refractivity contribution is -0.147. The molecule has 0 aliphatic carbocycles. The molecule has 0 aromatic heterocycles. The van der Waals surface area contributed by atoms with Gasteiger partial charge in [0.1, 0.15) is 17.6 Å². The van der Waals surface area contributed by atoms with Gasteiger partial charge in [0.25, 0.3) is 0 Å². The summed E-state index contributed by atoms with van der Waals surface area (Å²) in [7, 11) is -4.26. The molecule has 164 valence electrons. The summed E-state index contributed by atoms with van der Waals surface area (Å²) in [6.45, 7) is 1.55. The molecule has 1 saturated heterocycles. The van der Waals surface area contributed by atoms with E-state index in [4.69, 9.17) is 16.3 Å². The standard InChI is InChI=1S/C20H17ClF2N2O5S/c1-2-30-19(26)17-16(10-31(28,29)13-6-7-15(23)14(21)9-13)24-20(27)25-18(17)11-4-3-5-12(22)8-11/h3-10,17-18H,2H2,1H3,(H2,24,25,27)/b16-10+/t17-,18-/m1/s1. The number of nitrogens with one attached hydrogen (secondary N) is 2. The second-order valence-corrected chi connectivity index (χ2v) is 8.76. The Morgan fingerprint density at radius 1 is 1.23 bits per heavy atom. The SMILES string of the molecule is CCOC(=O)[C@@H]1/C(=C\S(=O)(=O)c2ccc(F)c(Cl)c2)NC(=O)N[C@@H]1c1cccc(F)c1. The first-order valence-electron chi connectivity index (χ1n) is 9.03. The van der Waals surface area contributed by atoms with Crippen molar-refractivity contribution in [1.29, 1.82) is 0 Å². The Bertz CT molecular complexity index is 1170. The van der Waals surface area contributed by atoms with E-state index in [0.717, 1.165) is 24.3 Å². The highest BCUT2D eigenvalue weighted by Gasteiger charge is 2.40. The maximum absolute atomic E-state index is 13.8. The number of carbonyl (C=O) groups is 2. The molecule has 0 radical (unpaired) electrons. The molecule has 2 aromatic rings. The Labute approximate surface area is 182 Å². The van der Waals surface area contributed by atoms with Crippen LogP contribution in [0.5, 0.6) is 0 Å². The molecule has 0 unspecified atom stereocenters. The van der Waals surface area contributed by atoms with Crippen molar-refractivity contribution < 1.29 is 31.5 Å². The number of carbonyl (C=O) groups excluding carboxylic acids is 2. The molecular weight excluding hydrogens is 454 g/mol. The second-order valence-electron chi connectivity index (χ2n) is 6.55. The molecule has 11 heteroatoms. The molecule has 0 spiro atoms. The first-order valence-corrected chi connectivity index (χ1v) is 11.0. The summed E-state index contributed by atoms with van der Waals surface area (Å²) < 4.78 is 57.9. The third-order valence-electron chi connectivity index (χ3n) is 4.46. The molecule has 2 amide bonds. The Hall–Kier alpha value is -2.98. The number of ether oxygens (including phenoxy) is 1. The van der Waals surface area contributed by atoms with Gasteiger partial charge in [0.15, 0.2) is 0 Å². The van der Waals surface area contributed by atoms with Crippen molar-refractivity contribution in [1.82, 2.24) is 10.6 Å². The molecule has 2 N–H and O–H groups in total. The van der Waals surface area contributed by atoms with Gasteiger partial charge in [-0.15, -0.1) is 0 Å². The van der Waals surface area contributed by atoms with Crippen molar-refractivity contribution in [2.45, 2.75) is 17.9 Å². The third-order valence-corrected chi connectivity index (χ3v) is 6.23. The predicted octanol–water partition coefficient (Wildman–Crippen LogP) is 3.47. The number of sulfone groups is 1. The van der Waals surface area contributed by atoms with Gasteiger partial charge in [-0.2, -0.15) is 0 Å². The Kier molecular flexibility index (Phi) is 6.61. The average Bonchev–Trinajstić information content (AvgIpc) is 2.69. The minimum atomic E-state index is -4.26. The summed E-state index contributed by atoms with van der Waals surface area (Å²) in [6.07, 6.45) is 0. The molecule has 31 heavy (non-hydrogen) atoms. The van der Waals surface area contributed by atoms with E-state index in [1.807, 2.05) is 0 Å². The Morgan fingerprint density at radius 2 is 1.97 bits per heavy atom. The van der Waals surface area contributed by atoms with Crippen molar-refractivity contribution in [2.24, 2.45) is 5.92 Å². The molecule has 1 heterocycles. The number of hydrogen-bond acceptors (Lipinski definition) is 5. The molecule has 1 aliphatic rings. The van der Waals surface area contributed by atoms with Crippen molar-refractivity contribution in [3.05, 3.63) is 75.8 Å². The number of benzene rings is 2. The van der Waals surface area contributed by atoms with Crippen LogP contribution in [0.3, 0.4) is 0 Å². The van der Waals surface area contributed by atoms with E-state index in [1.54, 1.807) is 6.92 Å². The zero-order valence-electron chi connectivity index (χ0n) is 16.1. The summed E-state index contributed by atoms with van der Waals surface area (Å²) >= 11 is 5.67. The normalized spacial score (nSPS) is 20.1. The van der Waals surface area contributed by atoms with E-state index in [1.165, 1.54) is 18.2 Å². The summed E-state index contributed by atoms with van der Waals surface area (Å²) in [4.78, 5) is 24.6. The van der Waals surface area contributed by atoms with Gasteiger partial charge < -0.3 is 15.4 Å². The molecular formula is C20H17ClF2N2O5S. The molecule has 2 aromatic carbocycles. The van der Waals surface area contributed by atoms with E-state index in [2.05, 4.69) is 10.6 Å². The maximum atomic E-state index is 13.8. The van der Waals surface area contributed by atoms with Gasteiger partial charge in [-0.1, -0.05) is 23.7 Å². The van der Waals surface area contributed by atoms with Crippen molar-refractivity contribution in [2.75, 3.05) is 6.61 Å². The highest BCUT2D eigenvalue weighted by atomic mass is 35.5.